The summed E-state index contributed by atoms with van der Waals surface area (Å²) in [6.07, 6.45) is 1.78. The minimum Gasteiger partial charge on any atom is -0.497 e. The number of hydrogen-bond donors (Lipinski definition) is 1. The Hall–Kier alpha value is -1.44. The summed E-state index contributed by atoms with van der Waals surface area (Å²) in [5, 5.41) is 3.27. The summed E-state index contributed by atoms with van der Waals surface area (Å²) in [5.74, 6) is 0. The van der Waals surface area contributed by atoms with Gasteiger partial charge in [0.05, 0.1) is 5.70 Å². The van der Waals surface area contributed by atoms with Crippen LogP contribution in [0, 0.1) is 0 Å². The highest BCUT2D eigenvalue weighted by molar-refractivity contribution is 5.63. The Morgan fingerprint density at radius 2 is 2.00 bits per heavy atom. The summed E-state index contributed by atoms with van der Waals surface area (Å²) >= 11 is 0. The van der Waals surface area contributed by atoms with Gasteiger partial charge >= 0.3 is 0 Å². The Kier molecular flexibility index (Phi) is 1.99. The van der Waals surface area contributed by atoms with E-state index in [0.29, 0.717) is 0 Å². The number of ether oxygens (including phenoxy) is 1. The van der Waals surface area contributed by atoms with E-state index in [2.05, 4.69) is 17.4 Å². The average Bonchev–Trinajstić information content (AvgIpc) is 2.21. The van der Waals surface area contributed by atoms with Gasteiger partial charge in [0.2, 0.25) is 0 Å². The Balaban J connectivity index is 2.24. The molecule has 2 heteroatoms. The summed E-state index contributed by atoms with van der Waals surface area (Å²) in [6, 6.07) is 10.2. The van der Waals surface area contributed by atoms with Gasteiger partial charge in [0, 0.05) is 12.1 Å². The SMILES string of the molecule is C1=C(c2ccccc2)NCCO1. The largest absolute Gasteiger partial charge is 0.497 e. The monoisotopic (exact) mass is 161 g/mol. The zero-order valence-corrected chi connectivity index (χ0v) is 6.79. The lowest BCUT2D eigenvalue weighted by Gasteiger charge is -2.15. The van der Waals surface area contributed by atoms with Crippen LogP contribution in [0.5, 0.6) is 0 Å². The van der Waals surface area contributed by atoms with Gasteiger partial charge in [-0.1, -0.05) is 30.3 Å². The molecule has 2 nitrogen and oxygen atoms in total. The Morgan fingerprint density at radius 1 is 1.17 bits per heavy atom. The molecule has 0 radical (unpaired) electrons. The second-order valence-electron chi connectivity index (χ2n) is 2.70. The first-order chi connectivity index (χ1) is 5.97. The first kappa shape index (κ1) is 7.22. The van der Waals surface area contributed by atoms with E-state index < -0.39 is 0 Å². The van der Waals surface area contributed by atoms with Crippen LogP contribution in [0.15, 0.2) is 36.6 Å². The highest BCUT2D eigenvalue weighted by Crippen LogP contribution is 2.12. The van der Waals surface area contributed by atoms with Gasteiger partial charge in [-0.2, -0.15) is 0 Å². The smallest absolute Gasteiger partial charge is 0.107 e. The molecule has 0 atom stereocenters. The van der Waals surface area contributed by atoms with Crippen molar-refractivity contribution in [1.82, 2.24) is 5.32 Å². The summed E-state index contributed by atoms with van der Waals surface area (Å²) < 4.78 is 5.21. The Bertz CT molecular complexity index is 279. The molecule has 0 saturated carbocycles. The highest BCUT2D eigenvalue weighted by Gasteiger charge is 2.03. The molecule has 62 valence electrons. The van der Waals surface area contributed by atoms with Crippen molar-refractivity contribution in [3.8, 4) is 0 Å². The van der Waals surface area contributed by atoms with Gasteiger partial charge in [-0.3, -0.25) is 0 Å². The molecule has 0 fully saturated rings. The number of nitrogens with one attached hydrogen (secondary N) is 1. The van der Waals surface area contributed by atoms with Gasteiger partial charge in [-0.25, -0.2) is 0 Å². The van der Waals surface area contributed by atoms with Crippen molar-refractivity contribution in [2.45, 2.75) is 0 Å². The van der Waals surface area contributed by atoms with Crippen LogP contribution in [0.25, 0.3) is 5.70 Å². The quantitative estimate of drug-likeness (QED) is 0.675. The molecule has 0 unspecified atom stereocenters. The van der Waals surface area contributed by atoms with Crippen molar-refractivity contribution < 1.29 is 4.74 Å². The second-order valence-corrected chi connectivity index (χ2v) is 2.70. The van der Waals surface area contributed by atoms with E-state index in [1.165, 1.54) is 5.56 Å². The molecule has 0 aliphatic carbocycles. The lowest BCUT2D eigenvalue weighted by Crippen LogP contribution is -2.22. The van der Waals surface area contributed by atoms with Crippen LogP contribution in [0.2, 0.25) is 0 Å². The van der Waals surface area contributed by atoms with Crippen LogP contribution in [0.4, 0.5) is 0 Å². The predicted molar refractivity (Wildman–Crippen MR) is 48.4 cm³/mol. The van der Waals surface area contributed by atoms with Crippen molar-refractivity contribution in [1.29, 1.82) is 0 Å². The molecule has 1 N–H and O–H groups in total. The van der Waals surface area contributed by atoms with Crippen molar-refractivity contribution in [3.05, 3.63) is 42.2 Å². The molecular weight excluding hydrogens is 150 g/mol. The Labute approximate surface area is 71.9 Å². The van der Waals surface area contributed by atoms with E-state index in [-0.39, 0.29) is 0 Å². The van der Waals surface area contributed by atoms with Crippen LogP contribution < -0.4 is 5.32 Å². The molecule has 1 aromatic rings. The third-order valence-corrected chi connectivity index (χ3v) is 1.82. The summed E-state index contributed by atoms with van der Waals surface area (Å²) in [5.41, 5.74) is 2.25. The van der Waals surface area contributed by atoms with E-state index in [1.54, 1.807) is 6.26 Å². The van der Waals surface area contributed by atoms with E-state index in [1.807, 2.05) is 18.2 Å². The molecule has 12 heavy (non-hydrogen) atoms. The minimum atomic E-state index is 0.760. The number of rotatable bonds is 1. The lowest BCUT2D eigenvalue weighted by molar-refractivity contribution is 0.241. The van der Waals surface area contributed by atoms with E-state index >= 15 is 0 Å². The normalized spacial score (nSPS) is 15.8. The van der Waals surface area contributed by atoms with Crippen LogP contribution in [0.3, 0.4) is 0 Å². The molecule has 0 saturated heterocycles. The molecule has 0 amide bonds. The molecule has 1 aliphatic heterocycles. The maximum atomic E-state index is 5.21. The molecule has 1 heterocycles. The van der Waals surface area contributed by atoms with Crippen LogP contribution in [-0.2, 0) is 4.74 Å². The first-order valence-electron chi connectivity index (χ1n) is 4.08. The fourth-order valence-corrected chi connectivity index (χ4v) is 1.22. The third kappa shape index (κ3) is 1.42. The second kappa shape index (κ2) is 3.30. The van der Waals surface area contributed by atoms with Crippen molar-refractivity contribution in [2.24, 2.45) is 0 Å². The molecular formula is C10H11NO. The van der Waals surface area contributed by atoms with E-state index in [4.69, 9.17) is 4.74 Å². The van der Waals surface area contributed by atoms with Crippen LogP contribution in [-0.4, -0.2) is 13.2 Å². The predicted octanol–water partition coefficient (Wildman–Crippen LogP) is 1.60. The van der Waals surface area contributed by atoms with Crippen molar-refractivity contribution in [2.75, 3.05) is 13.2 Å². The number of hydrogen-bond acceptors (Lipinski definition) is 2. The molecule has 0 aromatic heterocycles. The lowest BCUT2D eigenvalue weighted by atomic mass is 10.1. The van der Waals surface area contributed by atoms with Gasteiger partial charge in [-0.05, 0) is 0 Å². The van der Waals surface area contributed by atoms with E-state index in [9.17, 15) is 0 Å². The van der Waals surface area contributed by atoms with Crippen LogP contribution in [0.1, 0.15) is 5.56 Å². The minimum absolute atomic E-state index is 0.760. The molecule has 1 aliphatic rings. The topological polar surface area (TPSA) is 21.3 Å². The molecule has 0 bridgehead atoms. The fraction of sp³-hybridized carbons (Fsp3) is 0.200. The molecule has 2 rings (SSSR count). The zero-order chi connectivity index (χ0) is 8.23. The van der Waals surface area contributed by atoms with Gasteiger partial charge in [0.15, 0.2) is 0 Å². The fourth-order valence-electron chi connectivity index (χ4n) is 1.22. The van der Waals surface area contributed by atoms with Gasteiger partial charge < -0.3 is 10.1 Å². The van der Waals surface area contributed by atoms with Crippen LogP contribution >= 0.6 is 0 Å². The first-order valence-corrected chi connectivity index (χ1v) is 4.08. The average molecular weight is 161 g/mol. The van der Waals surface area contributed by atoms with Crippen molar-refractivity contribution >= 4 is 5.70 Å². The maximum Gasteiger partial charge on any atom is 0.107 e. The molecule has 0 spiro atoms. The maximum absolute atomic E-state index is 5.21. The zero-order valence-electron chi connectivity index (χ0n) is 6.79. The Morgan fingerprint density at radius 3 is 2.67 bits per heavy atom. The third-order valence-electron chi connectivity index (χ3n) is 1.82. The van der Waals surface area contributed by atoms with Gasteiger partial charge in [0.1, 0.15) is 12.9 Å². The summed E-state index contributed by atoms with van der Waals surface area (Å²) in [7, 11) is 0. The van der Waals surface area contributed by atoms with E-state index in [0.717, 1.165) is 18.8 Å². The highest BCUT2D eigenvalue weighted by atomic mass is 16.5. The summed E-state index contributed by atoms with van der Waals surface area (Å²) in [6.45, 7) is 1.65. The van der Waals surface area contributed by atoms with Gasteiger partial charge in [-0.15, -0.1) is 0 Å². The number of benzene rings is 1. The molecule has 1 aromatic carbocycles. The van der Waals surface area contributed by atoms with Crippen molar-refractivity contribution in [3.63, 3.8) is 0 Å². The van der Waals surface area contributed by atoms with Gasteiger partial charge in [0.25, 0.3) is 0 Å². The standard InChI is InChI=1S/C10H11NO/c1-2-4-9(5-3-1)10-8-12-7-6-11-10/h1-5,8,11H,6-7H2. The summed E-state index contributed by atoms with van der Waals surface area (Å²) in [4.78, 5) is 0.